The second kappa shape index (κ2) is 3.49. The zero-order valence-corrected chi connectivity index (χ0v) is 9.79. The van der Waals surface area contributed by atoms with Crippen molar-refractivity contribution in [2.24, 2.45) is 17.6 Å². The number of hydrogen-bond acceptors (Lipinski definition) is 2. The number of likely N-dealkylation sites (tertiary alicyclic amines) is 1. The third-order valence-electron chi connectivity index (χ3n) is 4.57. The van der Waals surface area contributed by atoms with Crippen LogP contribution < -0.4 is 5.73 Å². The first-order valence-corrected chi connectivity index (χ1v) is 6.13. The maximum Gasteiger partial charge on any atom is 0.0179 e. The van der Waals surface area contributed by atoms with Crippen LogP contribution >= 0.6 is 0 Å². The van der Waals surface area contributed by atoms with Crippen LogP contribution in [0.3, 0.4) is 0 Å². The molecule has 0 bridgehead atoms. The van der Waals surface area contributed by atoms with E-state index in [1.54, 1.807) is 0 Å². The van der Waals surface area contributed by atoms with Crippen LogP contribution in [0, 0.1) is 11.8 Å². The third-order valence-corrected chi connectivity index (χ3v) is 4.57. The largest absolute Gasteiger partial charge is 0.327 e. The number of hydrogen-bond donors (Lipinski definition) is 1. The van der Waals surface area contributed by atoms with Crippen molar-refractivity contribution in [2.75, 3.05) is 13.1 Å². The van der Waals surface area contributed by atoms with Gasteiger partial charge in [0.15, 0.2) is 0 Å². The molecule has 4 atom stereocenters. The first-order chi connectivity index (χ1) is 6.62. The molecule has 0 spiro atoms. The molecule has 1 unspecified atom stereocenters. The van der Waals surface area contributed by atoms with Crippen LogP contribution in [0.5, 0.6) is 0 Å². The molecular weight excluding hydrogens is 172 g/mol. The van der Waals surface area contributed by atoms with Crippen molar-refractivity contribution >= 4 is 0 Å². The van der Waals surface area contributed by atoms with E-state index in [4.69, 9.17) is 5.73 Å². The molecule has 82 valence electrons. The van der Waals surface area contributed by atoms with E-state index in [-0.39, 0.29) is 0 Å². The minimum atomic E-state index is 0.446. The smallest absolute Gasteiger partial charge is 0.0179 e. The summed E-state index contributed by atoms with van der Waals surface area (Å²) in [5.41, 5.74) is 6.41. The monoisotopic (exact) mass is 196 g/mol. The molecule has 0 aromatic rings. The van der Waals surface area contributed by atoms with E-state index < -0.39 is 0 Å². The summed E-state index contributed by atoms with van der Waals surface area (Å²) in [6.45, 7) is 9.55. The van der Waals surface area contributed by atoms with Gasteiger partial charge >= 0.3 is 0 Å². The molecular formula is C12H24N2. The molecule has 14 heavy (non-hydrogen) atoms. The van der Waals surface area contributed by atoms with Crippen LogP contribution in [0.15, 0.2) is 0 Å². The van der Waals surface area contributed by atoms with E-state index in [0.717, 1.165) is 11.8 Å². The highest BCUT2D eigenvalue weighted by molar-refractivity contribution is 5.11. The van der Waals surface area contributed by atoms with Gasteiger partial charge in [-0.2, -0.15) is 0 Å². The van der Waals surface area contributed by atoms with Gasteiger partial charge in [-0.3, -0.25) is 4.90 Å². The molecule has 1 aliphatic carbocycles. The predicted octanol–water partition coefficient (Wildman–Crippen LogP) is 1.84. The second-order valence-corrected chi connectivity index (χ2v) is 5.41. The Kier molecular flexibility index (Phi) is 2.61. The summed E-state index contributed by atoms with van der Waals surface area (Å²) in [6, 6.07) is 0.536. The number of nitrogens with zero attached hydrogens (tertiary/aromatic N) is 1. The molecule has 0 aromatic heterocycles. The molecule has 0 amide bonds. The van der Waals surface area contributed by atoms with Gasteiger partial charge in [0.05, 0.1) is 0 Å². The quantitative estimate of drug-likeness (QED) is 0.743. The van der Waals surface area contributed by atoms with Gasteiger partial charge < -0.3 is 5.73 Å². The standard InChI is InChI=1S/C12H24N2/c1-4-6-12(3,5-2)14-7-9-10(8-14)11(9)13/h9-11H,4-8,13H2,1-3H3/t9-,10+,11+,12?. The maximum atomic E-state index is 5.97. The van der Waals surface area contributed by atoms with Gasteiger partial charge in [0.1, 0.15) is 0 Å². The average Bonchev–Trinajstić information content (AvgIpc) is 2.67. The first kappa shape index (κ1) is 10.4. The van der Waals surface area contributed by atoms with Gasteiger partial charge in [-0.1, -0.05) is 20.3 Å². The van der Waals surface area contributed by atoms with Crippen LogP contribution in [0.2, 0.25) is 0 Å². The SMILES string of the molecule is CCCC(C)(CC)N1C[C@@H]2[C@@H](N)[C@@H]2C1. The molecule has 1 heterocycles. The van der Waals surface area contributed by atoms with Gasteiger partial charge in [-0.05, 0) is 31.6 Å². The van der Waals surface area contributed by atoms with E-state index in [9.17, 15) is 0 Å². The van der Waals surface area contributed by atoms with E-state index in [2.05, 4.69) is 25.7 Å². The summed E-state index contributed by atoms with van der Waals surface area (Å²) >= 11 is 0. The zero-order valence-electron chi connectivity index (χ0n) is 9.79. The number of rotatable bonds is 4. The lowest BCUT2D eigenvalue weighted by molar-refractivity contribution is 0.102. The minimum Gasteiger partial charge on any atom is -0.327 e. The van der Waals surface area contributed by atoms with Crippen LogP contribution in [-0.2, 0) is 0 Å². The van der Waals surface area contributed by atoms with Crippen molar-refractivity contribution in [1.82, 2.24) is 4.90 Å². The summed E-state index contributed by atoms with van der Waals surface area (Å²) in [4.78, 5) is 2.69. The fourth-order valence-corrected chi connectivity index (χ4v) is 3.11. The molecule has 0 aromatic carbocycles. The Balaban J connectivity index is 1.94. The summed E-state index contributed by atoms with van der Waals surface area (Å²) in [6.07, 6.45) is 3.90. The van der Waals surface area contributed by atoms with Gasteiger partial charge in [0, 0.05) is 24.7 Å². The van der Waals surface area contributed by atoms with Crippen molar-refractivity contribution in [2.45, 2.75) is 51.6 Å². The van der Waals surface area contributed by atoms with E-state index >= 15 is 0 Å². The van der Waals surface area contributed by atoms with Crippen LogP contribution in [0.25, 0.3) is 0 Å². The lowest BCUT2D eigenvalue weighted by Gasteiger charge is -2.39. The highest BCUT2D eigenvalue weighted by Gasteiger charge is 2.55. The van der Waals surface area contributed by atoms with Gasteiger partial charge in [-0.15, -0.1) is 0 Å². The van der Waals surface area contributed by atoms with Crippen molar-refractivity contribution in [3.8, 4) is 0 Å². The second-order valence-electron chi connectivity index (χ2n) is 5.41. The Morgan fingerprint density at radius 2 is 1.86 bits per heavy atom. The van der Waals surface area contributed by atoms with E-state index in [1.165, 1.54) is 32.4 Å². The topological polar surface area (TPSA) is 29.3 Å². The molecule has 0 radical (unpaired) electrons. The van der Waals surface area contributed by atoms with E-state index in [0.29, 0.717) is 11.6 Å². The number of nitrogens with two attached hydrogens (primary N) is 1. The maximum absolute atomic E-state index is 5.97. The Labute approximate surface area is 87.8 Å². The molecule has 2 N–H and O–H groups in total. The lowest BCUT2D eigenvalue weighted by atomic mass is 9.91. The molecule has 1 aliphatic heterocycles. The van der Waals surface area contributed by atoms with Crippen molar-refractivity contribution in [3.05, 3.63) is 0 Å². The fourth-order valence-electron chi connectivity index (χ4n) is 3.11. The van der Waals surface area contributed by atoms with Gasteiger partial charge in [0.2, 0.25) is 0 Å². The highest BCUT2D eigenvalue weighted by atomic mass is 15.3. The fraction of sp³-hybridized carbons (Fsp3) is 1.00. The Morgan fingerprint density at radius 1 is 1.29 bits per heavy atom. The predicted molar refractivity (Wildman–Crippen MR) is 60.1 cm³/mol. The highest BCUT2D eigenvalue weighted by Crippen LogP contribution is 2.47. The Morgan fingerprint density at radius 3 is 2.29 bits per heavy atom. The summed E-state index contributed by atoms with van der Waals surface area (Å²) < 4.78 is 0. The van der Waals surface area contributed by atoms with Crippen molar-refractivity contribution in [3.63, 3.8) is 0 Å². The van der Waals surface area contributed by atoms with Gasteiger partial charge in [-0.25, -0.2) is 0 Å². The lowest BCUT2D eigenvalue weighted by Crippen LogP contribution is -2.46. The first-order valence-electron chi connectivity index (χ1n) is 6.13. The summed E-state index contributed by atoms with van der Waals surface area (Å²) in [5, 5.41) is 0. The Hall–Kier alpha value is -0.0800. The van der Waals surface area contributed by atoms with Crippen LogP contribution in [0.1, 0.15) is 40.0 Å². The number of piperidine rings is 1. The summed E-state index contributed by atoms with van der Waals surface area (Å²) in [5.74, 6) is 1.66. The van der Waals surface area contributed by atoms with Crippen LogP contribution in [0.4, 0.5) is 0 Å². The molecule has 1 saturated heterocycles. The average molecular weight is 196 g/mol. The molecule has 2 nitrogen and oxygen atoms in total. The number of fused-ring (bicyclic) bond motifs is 1. The van der Waals surface area contributed by atoms with Crippen LogP contribution in [-0.4, -0.2) is 29.6 Å². The molecule has 2 heteroatoms. The summed E-state index contributed by atoms with van der Waals surface area (Å²) in [7, 11) is 0. The van der Waals surface area contributed by atoms with E-state index in [1.807, 2.05) is 0 Å². The van der Waals surface area contributed by atoms with Crippen molar-refractivity contribution in [1.29, 1.82) is 0 Å². The molecule has 2 aliphatic rings. The third kappa shape index (κ3) is 1.49. The zero-order chi connectivity index (χ0) is 10.3. The molecule has 2 fully saturated rings. The van der Waals surface area contributed by atoms with Crippen molar-refractivity contribution < 1.29 is 0 Å². The Bertz CT molecular complexity index is 204. The normalized spacial score (nSPS) is 40.7. The van der Waals surface area contributed by atoms with Gasteiger partial charge in [0.25, 0.3) is 0 Å². The molecule has 1 saturated carbocycles. The molecule has 2 rings (SSSR count). The minimum absolute atomic E-state index is 0.446.